The molecule has 0 spiro atoms. The third-order valence-corrected chi connectivity index (χ3v) is 3.78. The summed E-state index contributed by atoms with van der Waals surface area (Å²) in [4.78, 5) is 26.4. The van der Waals surface area contributed by atoms with Crippen molar-refractivity contribution >= 4 is 5.91 Å². The van der Waals surface area contributed by atoms with E-state index in [1.165, 1.54) is 0 Å². The number of aromatic amines is 1. The van der Waals surface area contributed by atoms with Crippen molar-refractivity contribution in [2.75, 3.05) is 6.54 Å². The molecule has 0 aliphatic heterocycles. The van der Waals surface area contributed by atoms with E-state index >= 15 is 0 Å². The van der Waals surface area contributed by atoms with Crippen LogP contribution in [0.3, 0.4) is 0 Å². The molecule has 136 valence electrons. The maximum atomic E-state index is 12.1. The predicted molar refractivity (Wildman–Crippen MR) is 98.6 cm³/mol. The molecule has 2 N–H and O–H groups in total. The molecule has 0 bridgehead atoms. The van der Waals surface area contributed by atoms with Gasteiger partial charge < -0.3 is 15.0 Å². The Labute approximate surface area is 152 Å². The molecular weight excluding hydrogens is 332 g/mol. The minimum Gasteiger partial charge on any atom is -0.491 e. The zero-order chi connectivity index (χ0) is 18.9. The molecule has 1 heterocycles. The second-order valence-electron chi connectivity index (χ2n) is 5.79. The number of terminal acetylenes is 1. The van der Waals surface area contributed by atoms with E-state index < -0.39 is 0 Å². The van der Waals surface area contributed by atoms with Crippen LogP contribution in [0.25, 0.3) is 11.4 Å². The zero-order valence-corrected chi connectivity index (χ0v) is 14.9. The van der Waals surface area contributed by atoms with Crippen molar-refractivity contribution in [3.8, 4) is 29.5 Å². The lowest BCUT2D eigenvalue weighted by atomic mass is 10.2. The first-order valence-corrected chi connectivity index (χ1v) is 8.46. The quantitative estimate of drug-likeness (QED) is 0.703. The Bertz CT molecular complexity index is 837. The van der Waals surface area contributed by atoms with E-state index in [9.17, 15) is 9.59 Å². The Morgan fingerprint density at radius 1 is 1.35 bits per heavy atom. The van der Waals surface area contributed by atoms with Crippen molar-refractivity contribution in [2.45, 2.75) is 39.2 Å². The fourth-order valence-corrected chi connectivity index (χ4v) is 2.13. The molecule has 2 rings (SSSR count). The molecule has 26 heavy (non-hydrogen) atoms. The number of hydrogen-bond acceptors (Lipinski definition) is 5. The van der Waals surface area contributed by atoms with Gasteiger partial charge in [-0.2, -0.15) is 0 Å². The lowest BCUT2D eigenvalue weighted by Crippen LogP contribution is -2.25. The fourth-order valence-electron chi connectivity index (χ4n) is 2.13. The highest BCUT2D eigenvalue weighted by molar-refractivity contribution is 5.76. The van der Waals surface area contributed by atoms with E-state index in [2.05, 4.69) is 33.3 Å². The zero-order valence-electron chi connectivity index (χ0n) is 14.9. The van der Waals surface area contributed by atoms with Gasteiger partial charge in [0.05, 0.1) is 12.6 Å². The number of benzene rings is 1. The van der Waals surface area contributed by atoms with Gasteiger partial charge in [-0.15, -0.1) is 16.6 Å². The van der Waals surface area contributed by atoms with Crippen LogP contribution >= 0.6 is 0 Å². The van der Waals surface area contributed by atoms with Crippen LogP contribution in [0, 0.1) is 12.3 Å². The monoisotopic (exact) mass is 354 g/mol. The van der Waals surface area contributed by atoms with E-state index in [-0.39, 0.29) is 42.7 Å². The molecule has 1 aromatic heterocycles. The SMILES string of the molecule is C#CCNC(=O)CCc1nnc(-c2ccc(OC(C)CC)cc2)[nH]c1=O. The third kappa shape index (κ3) is 5.45. The number of nitrogens with one attached hydrogen (secondary N) is 2. The van der Waals surface area contributed by atoms with Gasteiger partial charge in [0.15, 0.2) is 5.82 Å². The van der Waals surface area contributed by atoms with Crippen molar-refractivity contribution in [3.63, 3.8) is 0 Å². The van der Waals surface area contributed by atoms with Crippen molar-refractivity contribution in [1.29, 1.82) is 0 Å². The Hall–Kier alpha value is -3.14. The second-order valence-corrected chi connectivity index (χ2v) is 5.79. The highest BCUT2D eigenvalue weighted by Gasteiger charge is 2.09. The lowest BCUT2D eigenvalue weighted by molar-refractivity contribution is -0.120. The molecule has 1 aromatic carbocycles. The van der Waals surface area contributed by atoms with Gasteiger partial charge in [-0.1, -0.05) is 12.8 Å². The number of rotatable bonds is 8. The predicted octanol–water partition coefficient (Wildman–Crippen LogP) is 1.69. The smallest absolute Gasteiger partial charge is 0.273 e. The Kier molecular flexibility index (Phi) is 6.92. The molecule has 1 unspecified atom stereocenters. The summed E-state index contributed by atoms with van der Waals surface area (Å²) in [5, 5.41) is 10.5. The summed E-state index contributed by atoms with van der Waals surface area (Å²) in [5.74, 6) is 3.21. The average molecular weight is 354 g/mol. The van der Waals surface area contributed by atoms with Crippen LogP contribution in [0.15, 0.2) is 29.1 Å². The van der Waals surface area contributed by atoms with Crippen LogP contribution in [0.2, 0.25) is 0 Å². The van der Waals surface area contributed by atoms with Gasteiger partial charge in [0, 0.05) is 18.4 Å². The molecule has 0 fully saturated rings. The molecule has 7 heteroatoms. The second kappa shape index (κ2) is 9.37. The molecule has 0 saturated carbocycles. The first-order valence-electron chi connectivity index (χ1n) is 8.46. The van der Waals surface area contributed by atoms with E-state index in [0.29, 0.717) is 5.82 Å². The molecular formula is C19H22N4O3. The summed E-state index contributed by atoms with van der Waals surface area (Å²) in [6.07, 6.45) is 6.45. The summed E-state index contributed by atoms with van der Waals surface area (Å²) in [5.41, 5.74) is 0.574. The number of ether oxygens (including phenoxy) is 1. The van der Waals surface area contributed by atoms with Gasteiger partial charge in [0.25, 0.3) is 5.56 Å². The highest BCUT2D eigenvalue weighted by atomic mass is 16.5. The molecule has 0 aliphatic carbocycles. The highest BCUT2D eigenvalue weighted by Crippen LogP contribution is 2.19. The maximum absolute atomic E-state index is 12.1. The van der Waals surface area contributed by atoms with Crippen molar-refractivity contribution < 1.29 is 9.53 Å². The van der Waals surface area contributed by atoms with Crippen molar-refractivity contribution in [2.24, 2.45) is 0 Å². The Morgan fingerprint density at radius 2 is 2.08 bits per heavy atom. The van der Waals surface area contributed by atoms with Crippen LogP contribution in [-0.2, 0) is 11.2 Å². The molecule has 1 amide bonds. The van der Waals surface area contributed by atoms with E-state index in [0.717, 1.165) is 17.7 Å². The standard InChI is InChI=1S/C19H22N4O3/c1-4-12-20-17(24)11-10-16-19(25)21-18(23-22-16)14-6-8-15(9-7-14)26-13(3)5-2/h1,6-9,13H,5,10-12H2,2-3H3,(H,20,24)(H,21,23,25). The van der Waals surface area contributed by atoms with Crippen LogP contribution < -0.4 is 15.6 Å². The number of nitrogens with zero attached hydrogens (tertiary/aromatic N) is 2. The van der Waals surface area contributed by atoms with Gasteiger partial charge in [-0.3, -0.25) is 9.59 Å². The number of hydrogen-bond donors (Lipinski definition) is 2. The third-order valence-electron chi connectivity index (χ3n) is 3.78. The van der Waals surface area contributed by atoms with E-state index in [4.69, 9.17) is 11.2 Å². The average Bonchev–Trinajstić information content (AvgIpc) is 2.65. The summed E-state index contributed by atoms with van der Waals surface area (Å²) < 4.78 is 5.72. The number of carbonyl (C=O) groups is 1. The number of aryl methyl sites for hydroxylation is 1. The maximum Gasteiger partial charge on any atom is 0.273 e. The molecule has 7 nitrogen and oxygen atoms in total. The summed E-state index contributed by atoms with van der Waals surface area (Å²) in [7, 11) is 0. The largest absolute Gasteiger partial charge is 0.491 e. The van der Waals surface area contributed by atoms with Crippen molar-refractivity contribution in [3.05, 3.63) is 40.3 Å². The van der Waals surface area contributed by atoms with Crippen molar-refractivity contribution in [1.82, 2.24) is 20.5 Å². The van der Waals surface area contributed by atoms with E-state index in [1.54, 1.807) is 0 Å². The number of H-pyrrole nitrogens is 1. The fraction of sp³-hybridized carbons (Fsp3) is 0.368. The topological polar surface area (TPSA) is 97.0 Å². The number of carbonyl (C=O) groups excluding carboxylic acids is 1. The minimum absolute atomic E-state index is 0.125. The Morgan fingerprint density at radius 3 is 2.69 bits per heavy atom. The van der Waals surface area contributed by atoms with Crippen LogP contribution in [-0.4, -0.2) is 33.7 Å². The van der Waals surface area contributed by atoms with Crippen LogP contribution in [0.4, 0.5) is 0 Å². The molecule has 1 atom stereocenters. The Balaban J connectivity index is 2.03. The van der Waals surface area contributed by atoms with Gasteiger partial charge in [0.1, 0.15) is 11.4 Å². The molecule has 0 radical (unpaired) electrons. The molecule has 0 saturated heterocycles. The summed E-state index contributed by atoms with van der Waals surface area (Å²) in [6.45, 7) is 4.22. The molecule has 2 aromatic rings. The van der Waals surface area contributed by atoms with Gasteiger partial charge >= 0.3 is 0 Å². The van der Waals surface area contributed by atoms with Gasteiger partial charge in [-0.25, -0.2) is 0 Å². The number of aromatic nitrogens is 3. The lowest BCUT2D eigenvalue weighted by Gasteiger charge is -2.12. The van der Waals surface area contributed by atoms with E-state index in [1.807, 2.05) is 31.2 Å². The van der Waals surface area contributed by atoms with Crippen LogP contribution in [0.1, 0.15) is 32.4 Å². The first kappa shape index (κ1) is 19.2. The normalized spacial score (nSPS) is 11.4. The first-order chi connectivity index (χ1) is 12.5. The minimum atomic E-state index is -0.361. The molecule has 0 aliphatic rings. The van der Waals surface area contributed by atoms with Gasteiger partial charge in [0.2, 0.25) is 5.91 Å². The van der Waals surface area contributed by atoms with Gasteiger partial charge in [-0.05, 0) is 37.6 Å². The number of amides is 1. The van der Waals surface area contributed by atoms with Crippen LogP contribution in [0.5, 0.6) is 5.75 Å². The summed E-state index contributed by atoms with van der Waals surface area (Å²) >= 11 is 0. The summed E-state index contributed by atoms with van der Waals surface area (Å²) in [6, 6.07) is 7.27.